The van der Waals surface area contributed by atoms with Gasteiger partial charge in [0.1, 0.15) is 0 Å². The van der Waals surface area contributed by atoms with Crippen LogP contribution in [0.2, 0.25) is 0 Å². The fourth-order valence-electron chi connectivity index (χ4n) is 8.92. The Hall–Kier alpha value is -1.13. The molecule has 3 N–H and O–H groups in total. The first-order chi connectivity index (χ1) is 30.2. The summed E-state index contributed by atoms with van der Waals surface area (Å²) in [5.41, 5.74) is 0. The highest BCUT2D eigenvalue weighted by Gasteiger charge is 2.20. The molecule has 61 heavy (non-hydrogen) atoms. The van der Waals surface area contributed by atoms with Gasteiger partial charge in [-0.15, -0.1) is 0 Å². The van der Waals surface area contributed by atoms with Gasteiger partial charge in [0.2, 0.25) is 5.91 Å². The summed E-state index contributed by atoms with van der Waals surface area (Å²) < 4.78 is 0. The van der Waals surface area contributed by atoms with Gasteiger partial charge in [-0.2, -0.15) is 0 Å². The number of hydrogen-bond acceptors (Lipinski definition) is 3. The highest BCUT2D eigenvalue weighted by atomic mass is 16.3. The van der Waals surface area contributed by atoms with Crippen molar-refractivity contribution in [2.24, 2.45) is 0 Å². The monoisotopic (exact) mass is 858 g/mol. The third-order valence-corrected chi connectivity index (χ3v) is 13.2. The van der Waals surface area contributed by atoms with Crippen molar-refractivity contribution < 1.29 is 15.0 Å². The molecule has 1 amide bonds. The summed E-state index contributed by atoms with van der Waals surface area (Å²) in [5, 5.41) is 23.3. The second kappa shape index (κ2) is 53.2. The first-order valence-electron chi connectivity index (χ1n) is 28.0. The van der Waals surface area contributed by atoms with Gasteiger partial charge in [-0.3, -0.25) is 4.79 Å². The third-order valence-electron chi connectivity index (χ3n) is 13.2. The minimum atomic E-state index is -0.659. The maximum Gasteiger partial charge on any atom is 0.220 e. The maximum atomic E-state index is 12.5. The summed E-state index contributed by atoms with van der Waals surface area (Å²) in [6.45, 7) is 4.39. The molecule has 0 aromatic heterocycles. The third kappa shape index (κ3) is 49.7. The van der Waals surface area contributed by atoms with Crippen molar-refractivity contribution in [2.75, 3.05) is 6.61 Å². The predicted molar refractivity (Wildman–Crippen MR) is 272 cm³/mol. The van der Waals surface area contributed by atoms with E-state index in [1.54, 1.807) is 0 Å². The van der Waals surface area contributed by atoms with Crippen LogP contribution in [0.1, 0.15) is 316 Å². The number of nitrogens with one attached hydrogen (secondary N) is 1. The molecule has 0 aliphatic carbocycles. The van der Waals surface area contributed by atoms with E-state index in [9.17, 15) is 15.0 Å². The van der Waals surface area contributed by atoms with Crippen LogP contribution in [0.5, 0.6) is 0 Å². The molecule has 0 spiro atoms. The van der Waals surface area contributed by atoms with E-state index in [0.717, 1.165) is 32.1 Å². The molecule has 0 saturated carbocycles. The van der Waals surface area contributed by atoms with E-state index >= 15 is 0 Å². The molecular formula is C57H111NO3. The lowest BCUT2D eigenvalue weighted by molar-refractivity contribution is -0.123. The van der Waals surface area contributed by atoms with Crippen molar-refractivity contribution in [2.45, 2.75) is 328 Å². The molecule has 2 unspecified atom stereocenters. The second-order valence-corrected chi connectivity index (χ2v) is 19.4. The van der Waals surface area contributed by atoms with E-state index in [-0.39, 0.29) is 12.5 Å². The molecule has 0 aliphatic heterocycles. The van der Waals surface area contributed by atoms with Gasteiger partial charge in [-0.05, 0) is 44.9 Å². The number of carbonyl (C=O) groups is 1. The van der Waals surface area contributed by atoms with Crippen LogP contribution in [0.3, 0.4) is 0 Å². The standard InChI is InChI=1S/C57H111NO3/c1-3-5-7-9-11-13-15-17-19-21-23-25-26-27-28-29-30-31-32-33-35-37-39-41-43-45-47-49-51-53-57(61)58-55(54-59)56(60)52-50-48-46-44-42-40-38-36-34-24-22-20-18-16-14-12-10-8-6-4-2/h23,25,27-28,55-56,59-60H,3-22,24,26,29-54H2,1-2H3,(H,58,61)/b25-23-,28-27-. The van der Waals surface area contributed by atoms with E-state index in [1.165, 1.54) is 257 Å². The molecule has 4 nitrogen and oxygen atoms in total. The van der Waals surface area contributed by atoms with Crippen LogP contribution in [0.4, 0.5) is 0 Å². The molecule has 0 bridgehead atoms. The van der Waals surface area contributed by atoms with Crippen molar-refractivity contribution in [3.63, 3.8) is 0 Å². The lowest BCUT2D eigenvalue weighted by Gasteiger charge is -2.22. The predicted octanol–water partition coefficient (Wildman–Crippen LogP) is 18.3. The quantitative estimate of drug-likeness (QED) is 0.0422. The maximum absolute atomic E-state index is 12.5. The van der Waals surface area contributed by atoms with Crippen molar-refractivity contribution in [1.29, 1.82) is 0 Å². The number of hydrogen-bond donors (Lipinski definition) is 3. The number of aliphatic hydroxyl groups is 2. The van der Waals surface area contributed by atoms with Crippen molar-refractivity contribution in [3.05, 3.63) is 24.3 Å². The molecule has 2 atom stereocenters. The first kappa shape index (κ1) is 59.9. The fourth-order valence-corrected chi connectivity index (χ4v) is 8.92. The zero-order chi connectivity index (χ0) is 44.2. The van der Waals surface area contributed by atoms with Gasteiger partial charge < -0.3 is 15.5 Å². The van der Waals surface area contributed by atoms with Crippen molar-refractivity contribution >= 4 is 5.91 Å². The van der Waals surface area contributed by atoms with E-state index in [4.69, 9.17) is 0 Å². The van der Waals surface area contributed by atoms with Gasteiger partial charge in [-0.1, -0.05) is 289 Å². The van der Waals surface area contributed by atoms with Gasteiger partial charge in [-0.25, -0.2) is 0 Å². The topological polar surface area (TPSA) is 69.6 Å². The number of rotatable bonds is 52. The largest absolute Gasteiger partial charge is 0.394 e. The Kier molecular flexibility index (Phi) is 52.2. The lowest BCUT2D eigenvalue weighted by atomic mass is 10.0. The molecule has 0 rings (SSSR count). The number of unbranched alkanes of at least 4 members (excludes halogenated alkanes) is 41. The average Bonchev–Trinajstić information content (AvgIpc) is 3.26. The normalized spacial score (nSPS) is 12.9. The molecule has 0 aliphatic rings. The zero-order valence-corrected chi connectivity index (χ0v) is 41.7. The summed E-state index contributed by atoms with van der Waals surface area (Å²) in [6.07, 6.45) is 70.2. The van der Waals surface area contributed by atoms with Gasteiger partial charge in [0.15, 0.2) is 0 Å². The van der Waals surface area contributed by atoms with Crippen LogP contribution in [-0.2, 0) is 4.79 Å². The van der Waals surface area contributed by atoms with Crippen LogP contribution in [-0.4, -0.2) is 34.9 Å². The first-order valence-corrected chi connectivity index (χ1v) is 28.0. The van der Waals surface area contributed by atoms with Crippen LogP contribution in [0, 0.1) is 0 Å². The van der Waals surface area contributed by atoms with E-state index in [0.29, 0.717) is 12.8 Å². The number of amides is 1. The molecule has 0 fully saturated rings. The van der Waals surface area contributed by atoms with E-state index in [2.05, 4.69) is 43.5 Å². The Bertz CT molecular complexity index is 886. The highest BCUT2D eigenvalue weighted by Crippen LogP contribution is 2.17. The Morgan fingerprint density at radius 2 is 0.672 bits per heavy atom. The second-order valence-electron chi connectivity index (χ2n) is 19.4. The van der Waals surface area contributed by atoms with Gasteiger partial charge in [0.05, 0.1) is 18.8 Å². The minimum Gasteiger partial charge on any atom is -0.394 e. The van der Waals surface area contributed by atoms with Crippen LogP contribution in [0.15, 0.2) is 24.3 Å². The molecule has 0 saturated heterocycles. The smallest absolute Gasteiger partial charge is 0.220 e. The Morgan fingerprint density at radius 1 is 0.393 bits per heavy atom. The summed E-state index contributed by atoms with van der Waals surface area (Å²) in [7, 11) is 0. The van der Waals surface area contributed by atoms with Crippen molar-refractivity contribution in [3.8, 4) is 0 Å². The number of aliphatic hydroxyl groups excluding tert-OH is 2. The Morgan fingerprint density at radius 3 is 0.984 bits per heavy atom. The van der Waals surface area contributed by atoms with Crippen LogP contribution < -0.4 is 5.32 Å². The zero-order valence-electron chi connectivity index (χ0n) is 41.7. The van der Waals surface area contributed by atoms with Gasteiger partial charge in [0, 0.05) is 6.42 Å². The molecule has 362 valence electrons. The molecule has 0 radical (unpaired) electrons. The Labute approximate surface area is 383 Å². The Balaban J connectivity index is 3.44. The summed E-state index contributed by atoms with van der Waals surface area (Å²) in [5.74, 6) is -0.0273. The summed E-state index contributed by atoms with van der Waals surface area (Å²) in [4.78, 5) is 12.5. The molecule has 0 aromatic rings. The van der Waals surface area contributed by atoms with Crippen LogP contribution >= 0.6 is 0 Å². The fraction of sp³-hybridized carbons (Fsp3) is 0.912. The molecule has 4 heteroatoms. The average molecular weight is 859 g/mol. The van der Waals surface area contributed by atoms with Crippen molar-refractivity contribution in [1.82, 2.24) is 5.32 Å². The van der Waals surface area contributed by atoms with Gasteiger partial charge in [0.25, 0.3) is 0 Å². The number of carbonyl (C=O) groups excluding carboxylic acids is 1. The SMILES string of the molecule is CCCCCCCCCCC/C=C\C/C=C\CCCCCCCCCCCCCCCC(=O)NC(CO)C(O)CCCCCCCCCCCCCCCCCCCCCC. The molecule has 0 heterocycles. The summed E-state index contributed by atoms with van der Waals surface area (Å²) >= 11 is 0. The van der Waals surface area contributed by atoms with Gasteiger partial charge >= 0.3 is 0 Å². The van der Waals surface area contributed by atoms with E-state index in [1.807, 2.05) is 0 Å². The van der Waals surface area contributed by atoms with Crippen LogP contribution in [0.25, 0.3) is 0 Å². The molecular weight excluding hydrogens is 747 g/mol. The lowest BCUT2D eigenvalue weighted by Crippen LogP contribution is -2.45. The number of allylic oxidation sites excluding steroid dienone is 4. The molecule has 0 aromatic carbocycles. The van der Waals surface area contributed by atoms with E-state index < -0.39 is 12.1 Å². The summed E-state index contributed by atoms with van der Waals surface area (Å²) in [6, 6.07) is -0.536. The minimum absolute atomic E-state index is 0.0273. The highest BCUT2D eigenvalue weighted by molar-refractivity contribution is 5.76.